The predicted molar refractivity (Wildman–Crippen MR) is 257 cm³/mol. The molecular weight excluding hydrogens is 839 g/mol. The summed E-state index contributed by atoms with van der Waals surface area (Å²) >= 11 is 0. The lowest BCUT2D eigenvalue weighted by Gasteiger charge is -2.46. The van der Waals surface area contributed by atoms with Gasteiger partial charge < -0.3 is 24.7 Å². The first kappa shape index (κ1) is 54.4. The lowest BCUT2D eigenvalue weighted by Crippen LogP contribution is -2.62. The van der Waals surface area contributed by atoms with Gasteiger partial charge in [-0.05, 0) is 86.8 Å². The number of anilines is 2. The van der Waals surface area contributed by atoms with Crippen molar-refractivity contribution in [1.29, 1.82) is 0 Å². The van der Waals surface area contributed by atoms with Gasteiger partial charge in [0.2, 0.25) is 11.8 Å². The van der Waals surface area contributed by atoms with E-state index in [0.717, 1.165) is 76.3 Å². The highest BCUT2D eigenvalue weighted by molar-refractivity contribution is 6.03. The summed E-state index contributed by atoms with van der Waals surface area (Å²) in [5.41, 5.74) is 2.24. The smallest absolute Gasteiger partial charge is 0.332 e. The van der Waals surface area contributed by atoms with E-state index >= 15 is 0 Å². The van der Waals surface area contributed by atoms with Crippen molar-refractivity contribution < 1.29 is 34.1 Å². The summed E-state index contributed by atoms with van der Waals surface area (Å²) in [6.07, 6.45) is 6.52. The number of amides is 2. The molecule has 63 heavy (non-hydrogen) atoms. The van der Waals surface area contributed by atoms with Gasteiger partial charge in [0.05, 0.1) is 14.2 Å². The van der Waals surface area contributed by atoms with Crippen LogP contribution in [-0.4, -0.2) is 104 Å². The number of esters is 2. The first-order chi connectivity index (χ1) is 29.2. The quantitative estimate of drug-likeness (QED) is 0.103. The van der Waals surface area contributed by atoms with E-state index < -0.39 is 11.1 Å². The Bertz CT molecular complexity index is 1790. The van der Waals surface area contributed by atoms with Crippen molar-refractivity contribution in [2.75, 3.05) is 63.3 Å². The van der Waals surface area contributed by atoms with Crippen LogP contribution in [0.2, 0.25) is 0 Å². The molecule has 0 aromatic heterocycles. The van der Waals surface area contributed by atoms with Gasteiger partial charge in [-0.1, -0.05) is 111 Å². The maximum Gasteiger partial charge on any atom is 0.332 e. The summed E-state index contributed by atoms with van der Waals surface area (Å²) in [6.45, 7) is 8.87. The van der Waals surface area contributed by atoms with Gasteiger partial charge in [-0.15, -0.1) is 24.8 Å². The monoisotopic (exact) mass is 906 g/mol. The normalized spacial score (nSPS) is 15.3. The van der Waals surface area contributed by atoms with Crippen molar-refractivity contribution in [2.45, 2.75) is 89.1 Å². The number of halogens is 2. The van der Waals surface area contributed by atoms with E-state index in [2.05, 4.69) is 58.3 Å². The van der Waals surface area contributed by atoms with E-state index in [4.69, 9.17) is 9.47 Å². The standard InChI is InChI=1S/2C25H32N2O3.2ClH.H2O/c2*1-3-10-23(28)27(22-13-8-5-9-14-22)25(24(29)30-2)16-19-26(20-17-25)18-15-21-11-6-4-7-12-21;;;/h2*4-9,11-14H,3,10,15-20H2,1-2H3;2*1H;1H2. The third-order valence-electron chi connectivity index (χ3n) is 11.9. The number of carbonyl (C=O) groups is 4. The maximum absolute atomic E-state index is 13.2. The van der Waals surface area contributed by atoms with Crippen molar-refractivity contribution in [1.82, 2.24) is 9.80 Å². The number of rotatable bonds is 16. The zero-order chi connectivity index (χ0) is 42.8. The van der Waals surface area contributed by atoms with Crippen LogP contribution >= 0.6 is 24.8 Å². The number of methoxy groups -OCH3 is 2. The van der Waals surface area contributed by atoms with Crippen LogP contribution in [0.15, 0.2) is 121 Å². The molecule has 0 radical (unpaired) electrons. The number of likely N-dealkylation sites (tertiary alicyclic amines) is 2. The third kappa shape index (κ3) is 14.1. The van der Waals surface area contributed by atoms with Crippen LogP contribution in [0.3, 0.4) is 0 Å². The first-order valence-corrected chi connectivity index (χ1v) is 21.7. The Labute approximate surface area is 387 Å². The molecule has 0 spiro atoms. The minimum absolute atomic E-state index is 0. The molecule has 0 aliphatic carbocycles. The SMILES string of the molecule is CCCC(=O)N(c1ccccc1)C1(C(=O)OC)CCN(CCc2ccccc2)CC1.CCCC(=O)N(c1ccccc1)C1(C(=O)OC)CCN(CCc2ccccc2)CC1.Cl.Cl.O. The van der Waals surface area contributed by atoms with E-state index in [1.165, 1.54) is 25.3 Å². The lowest BCUT2D eigenvalue weighted by atomic mass is 9.84. The van der Waals surface area contributed by atoms with Crippen molar-refractivity contribution in [3.05, 3.63) is 132 Å². The zero-order valence-corrected chi connectivity index (χ0v) is 39.0. The van der Waals surface area contributed by atoms with Crippen LogP contribution in [0.25, 0.3) is 0 Å². The Morgan fingerprint density at radius 3 is 1.06 bits per heavy atom. The first-order valence-electron chi connectivity index (χ1n) is 21.7. The van der Waals surface area contributed by atoms with E-state index in [0.29, 0.717) is 38.5 Å². The molecule has 2 heterocycles. The van der Waals surface area contributed by atoms with E-state index in [1.54, 1.807) is 9.80 Å². The van der Waals surface area contributed by atoms with Crippen LogP contribution in [0.4, 0.5) is 11.4 Å². The second kappa shape index (κ2) is 27.4. The minimum Gasteiger partial charge on any atom is -0.467 e. The number of carbonyl (C=O) groups excluding carboxylic acids is 4. The average Bonchev–Trinajstić information content (AvgIpc) is 3.30. The summed E-state index contributed by atoms with van der Waals surface area (Å²) in [7, 11) is 2.83. The third-order valence-corrected chi connectivity index (χ3v) is 11.9. The topological polar surface area (TPSA) is 131 Å². The zero-order valence-electron chi connectivity index (χ0n) is 37.4. The number of hydrogen-bond acceptors (Lipinski definition) is 8. The van der Waals surface area contributed by atoms with E-state index in [-0.39, 0.29) is 54.0 Å². The van der Waals surface area contributed by atoms with Crippen molar-refractivity contribution in [3.63, 3.8) is 0 Å². The van der Waals surface area contributed by atoms with Gasteiger partial charge in [0, 0.05) is 63.5 Å². The number of para-hydroxylation sites is 2. The van der Waals surface area contributed by atoms with Crippen LogP contribution in [-0.2, 0) is 41.5 Å². The molecule has 13 heteroatoms. The molecule has 2 aliphatic heterocycles. The molecule has 11 nitrogen and oxygen atoms in total. The van der Waals surface area contributed by atoms with Gasteiger partial charge in [0.25, 0.3) is 0 Å². The Kier molecular flexibility index (Phi) is 23.7. The second-order valence-electron chi connectivity index (χ2n) is 15.8. The van der Waals surface area contributed by atoms with Gasteiger partial charge >= 0.3 is 11.9 Å². The summed E-state index contributed by atoms with van der Waals surface area (Å²) in [5, 5.41) is 0. The summed E-state index contributed by atoms with van der Waals surface area (Å²) < 4.78 is 10.5. The summed E-state index contributed by atoms with van der Waals surface area (Å²) in [6, 6.07) is 39.9. The van der Waals surface area contributed by atoms with Crippen molar-refractivity contribution in [3.8, 4) is 0 Å². The molecule has 2 fully saturated rings. The molecule has 2 amide bonds. The molecule has 0 atom stereocenters. The molecule has 2 N–H and O–H groups in total. The molecule has 6 rings (SSSR count). The number of hydrogen-bond donors (Lipinski definition) is 0. The number of ether oxygens (including phenoxy) is 2. The molecule has 2 saturated heterocycles. The predicted octanol–water partition coefficient (Wildman–Crippen LogP) is 8.16. The molecule has 0 unspecified atom stereocenters. The maximum atomic E-state index is 13.2. The van der Waals surface area contributed by atoms with Gasteiger partial charge in [-0.3, -0.25) is 19.4 Å². The van der Waals surface area contributed by atoms with Crippen molar-refractivity contribution >= 4 is 59.9 Å². The fraction of sp³-hybridized carbons (Fsp3) is 0.440. The van der Waals surface area contributed by atoms with Crippen LogP contribution < -0.4 is 9.80 Å². The Morgan fingerprint density at radius 2 is 0.794 bits per heavy atom. The Hall–Kier alpha value is -4.78. The van der Waals surface area contributed by atoms with Crippen molar-refractivity contribution in [2.24, 2.45) is 0 Å². The van der Waals surface area contributed by atoms with Gasteiger partial charge in [0.1, 0.15) is 11.1 Å². The highest BCUT2D eigenvalue weighted by Crippen LogP contribution is 2.37. The largest absolute Gasteiger partial charge is 0.467 e. The van der Waals surface area contributed by atoms with E-state index in [9.17, 15) is 19.2 Å². The number of piperidine rings is 2. The minimum atomic E-state index is -0.953. The highest BCUT2D eigenvalue weighted by atomic mass is 35.5. The average molecular weight is 908 g/mol. The fourth-order valence-electron chi connectivity index (χ4n) is 8.64. The fourth-order valence-corrected chi connectivity index (χ4v) is 8.64. The van der Waals surface area contributed by atoms with Gasteiger partial charge in [-0.2, -0.15) is 0 Å². The van der Waals surface area contributed by atoms with Crippen LogP contribution in [0.1, 0.15) is 76.3 Å². The number of nitrogens with zero attached hydrogens (tertiary/aromatic N) is 4. The Balaban J connectivity index is 0.000000414. The summed E-state index contributed by atoms with van der Waals surface area (Å²) in [4.78, 5) is 60.6. The second-order valence-corrected chi connectivity index (χ2v) is 15.8. The van der Waals surface area contributed by atoms with Crippen LogP contribution in [0, 0.1) is 0 Å². The molecule has 0 saturated carbocycles. The molecule has 4 aromatic carbocycles. The van der Waals surface area contributed by atoms with Crippen LogP contribution in [0.5, 0.6) is 0 Å². The highest BCUT2D eigenvalue weighted by Gasteiger charge is 2.51. The van der Waals surface area contributed by atoms with E-state index in [1.807, 2.05) is 86.6 Å². The van der Waals surface area contributed by atoms with Gasteiger partial charge in [0.15, 0.2) is 0 Å². The molecule has 4 aromatic rings. The lowest BCUT2D eigenvalue weighted by molar-refractivity contribution is -0.151. The molecule has 2 aliphatic rings. The molecule has 344 valence electrons. The van der Waals surface area contributed by atoms with Gasteiger partial charge in [-0.25, -0.2) is 9.59 Å². The molecule has 0 bridgehead atoms. The number of benzene rings is 4. The molecular formula is C50H68Cl2N4O7. The Morgan fingerprint density at radius 1 is 0.508 bits per heavy atom. The summed E-state index contributed by atoms with van der Waals surface area (Å²) in [5.74, 6) is -0.685.